The Morgan fingerprint density at radius 1 is 1.11 bits per heavy atom. The van der Waals surface area contributed by atoms with Gasteiger partial charge in [-0.25, -0.2) is 4.98 Å². The number of nitrogens with one attached hydrogen (secondary N) is 2. The van der Waals surface area contributed by atoms with Crippen molar-refractivity contribution in [3.05, 3.63) is 35.9 Å². The highest BCUT2D eigenvalue weighted by atomic mass is 16.5. The first-order valence-electron chi connectivity index (χ1n) is 9.90. The molecule has 7 nitrogen and oxygen atoms in total. The average molecular weight is 370 g/mol. The lowest BCUT2D eigenvalue weighted by Gasteiger charge is -2.22. The molecule has 2 N–H and O–H groups in total. The van der Waals surface area contributed by atoms with Crippen LogP contribution >= 0.6 is 0 Å². The van der Waals surface area contributed by atoms with Crippen LogP contribution in [0.1, 0.15) is 66.1 Å². The van der Waals surface area contributed by atoms with E-state index in [0.29, 0.717) is 12.1 Å². The summed E-state index contributed by atoms with van der Waals surface area (Å²) in [5.41, 5.74) is 0.915. The third-order valence-corrected chi connectivity index (χ3v) is 5.42. The second-order valence-corrected chi connectivity index (χ2v) is 7.39. The van der Waals surface area contributed by atoms with E-state index in [1.165, 1.54) is 6.42 Å². The van der Waals surface area contributed by atoms with Gasteiger partial charge in [-0.1, -0.05) is 25.3 Å². The number of imidazole rings is 1. The lowest BCUT2D eigenvalue weighted by Crippen LogP contribution is -2.37. The summed E-state index contributed by atoms with van der Waals surface area (Å²) in [7, 11) is 0. The van der Waals surface area contributed by atoms with Crippen LogP contribution in [0.5, 0.6) is 0 Å². The van der Waals surface area contributed by atoms with Gasteiger partial charge in [0.1, 0.15) is 0 Å². The van der Waals surface area contributed by atoms with Crippen molar-refractivity contribution >= 4 is 17.3 Å². The van der Waals surface area contributed by atoms with Gasteiger partial charge in [0.15, 0.2) is 5.69 Å². The fourth-order valence-electron chi connectivity index (χ4n) is 3.96. The molecule has 2 aliphatic rings. The monoisotopic (exact) mass is 370 g/mol. The lowest BCUT2D eigenvalue weighted by atomic mass is 9.95. The minimum Gasteiger partial charge on any atom is -0.376 e. The molecule has 2 fully saturated rings. The quantitative estimate of drug-likeness (QED) is 0.846. The van der Waals surface area contributed by atoms with E-state index >= 15 is 0 Å². The van der Waals surface area contributed by atoms with Gasteiger partial charge < -0.3 is 15.4 Å². The molecule has 1 unspecified atom stereocenters. The molecular weight excluding hydrogens is 344 g/mol. The standard InChI is InChI=1S/C20H26N4O3/c25-19(21-13-15-9-6-12-27-15)17-16-10-4-5-11-24(16)18(23-17)20(26)22-14-7-2-1-3-8-14/h4-5,10-11,14-15H,1-3,6-9,12-13H2,(H,21,25)(H,22,26). The van der Waals surface area contributed by atoms with Crippen LogP contribution in [-0.4, -0.2) is 46.5 Å². The zero-order valence-corrected chi connectivity index (χ0v) is 15.4. The summed E-state index contributed by atoms with van der Waals surface area (Å²) in [5.74, 6) is -0.231. The Kier molecular flexibility index (Phi) is 5.38. The predicted molar refractivity (Wildman–Crippen MR) is 101 cm³/mol. The van der Waals surface area contributed by atoms with E-state index < -0.39 is 0 Å². The molecule has 4 rings (SSSR count). The summed E-state index contributed by atoms with van der Waals surface area (Å²) in [6.45, 7) is 1.22. The van der Waals surface area contributed by atoms with Crippen LogP contribution in [0.2, 0.25) is 0 Å². The first-order chi connectivity index (χ1) is 13.2. The zero-order valence-electron chi connectivity index (χ0n) is 15.4. The maximum absolute atomic E-state index is 12.8. The average Bonchev–Trinajstić information content (AvgIpc) is 3.35. The van der Waals surface area contributed by atoms with Gasteiger partial charge in [-0.3, -0.25) is 14.0 Å². The second-order valence-electron chi connectivity index (χ2n) is 7.39. The number of ether oxygens (including phenoxy) is 1. The molecule has 0 bridgehead atoms. The molecular formula is C20H26N4O3. The Hall–Kier alpha value is -2.41. The van der Waals surface area contributed by atoms with E-state index in [9.17, 15) is 9.59 Å². The number of fused-ring (bicyclic) bond motifs is 1. The summed E-state index contributed by atoms with van der Waals surface area (Å²) in [6.07, 6.45) is 9.35. The van der Waals surface area contributed by atoms with E-state index in [-0.39, 0.29) is 35.5 Å². The second kappa shape index (κ2) is 8.08. The Morgan fingerprint density at radius 3 is 2.74 bits per heavy atom. The molecule has 7 heteroatoms. The maximum Gasteiger partial charge on any atom is 0.287 e. The van der Waals surface area contributed by atoms with E-state index in [0.717, 1.165) is 45.1 Å². The van der Waals surface area contributed by atoms with Gasteiger partial charge >= 0.3 is 0 Å². The molecule has 0 aromatic carbocycles. The number of carbonyl (C=O) groups excluding carboxylic acids is 2. The number of amides is 2. The molecule has 3 heterocycles. The van der Waals surface area contributed by atoms with Gasteiger partial charge in [-0.15, -0.1) is 0 Å². The fraction of sp³-hybridized carbons (Fsp3) is 0.550. The largest absolute Gasteiger partial charge is 0.376 e. The molecule has 0 radical (unpaired) electrons. The van der Waals surface area contributed by atoms with Gasteiger partial charge in [0.2, 0.25) is 5.82 Å². The van der Waals surface area contributed by atoms with E-state index in [1.54, 1.807) is 10.6 Å². The number of pyridine rings is 1. The van der Waals surface area contributed by atoms with Crippen molar-refractivity contribution in [3.8, 4) is 0 Å². The third kappa shape index (κ3) is 3.98. The summed E-state index contributed by atoms with van der Waals surface area (Å²) in [4.78, 5) is 29.8. The summed E-state index contributed by atoms with van der Waals surface area (Å²) < 4.78 is 7.24. The van der Waals surface area contributed by atoms with Crippen molar-refractivity contribution in [3.63, 3.8) is 0 Å². The molecule has 1 aliphatic carbocycles. The maximum atomic E-state index is 12.8. The molecule has 2 aromatic heterocycles. The Bertz CT molecular complexity index is 820. The van der Waals surface area contributed by atoms with Crippen molar-refractivity contribution in [2.75, 3.05) is 13.2 Å². The van der Waals surface area contributed by atoms with Gasteiger partial charge in [-0.2, -0.15) is 0 Å². The van der Waals surface area contributed by atoms with Crippen LogP contribution in [0.25, 0.3) is 5.52 Å². The van der Waals surface area contributed by atoms with E-state index in [1.807, 2.05) is 18.2 Å². The third-order valence-electron chi connectivity index (χ3n) is 5.42. The van der Waals surface area contributed by atoms with E-state index in [2.05, 4.69) is 15.6 Å². The SMILES string of the molecule is O=C(NCC1CCCO1)c1nc(C(=O)NC2CCCCC2)n2ccccc12. The highest BCUT2D eigenvalue weighted by Gasteiger charge is 2.24. The summed E-state index contributed by atoms with van der Waals surface area (Å²) in [5, 5.41) is 5.98. The van der Waals surface area contributed by atoms with Crippen LogP contribution < -0.4 is 10.6 Å². The van der Waals surface area contributed by atoms with Crippen molar-refractivity contribution in [2.24, 2.45) is 0 Å². The van der Waals surface area contributed by atoms with Gasteiger partial charge in [0.25, 0.3) is 11.8 Å². The van der Waals surface area contributed by atoms with Gasteiger partial charge in [0, 0.05) is 25.4 Å². The molecule has 1 saturated heterocycles. The molecule has 2 aromatic rings. The van der Waals surface area contributed by atoms with Gasteiger partial charge in [-0.05, 0) is 37.8 Å². The van der Waals surface area contributed by atoms with Crippen molar-refractivity contribution in [2.45, 2.75) is 57.1 Å². The smallest absolute Gasteiger partial charge is 0.287 e. The molecule has 0 spiro atoms. The normalized spacial score (nSPS) is 20.7. The number of carbonyl (C=O) groups is 2. The minimum absolute atomic E-state index is 0.0666. The van der Waals surface area contributed by atoms with Crippen molar-refractivity contribution < 1.29 is 14.3 Å². The Labute approximate surface area is 158 Å². The van der Waals surface area contributed by atoms with Crippen LogP contribution in [0.3, 0.4) is 0 Å². The lowest BCUT2D eigenvalue weighted by molar-refractivity contribution is 0.0855. The topological polar surface area (TPSA) is 84.7 Å². The van der Waals surface area contributed by atoms with Crippen LogP contribution in [0.15, 0.2) is 24.4 Å². The Balaban J connectivity index is 1.52. The first-order valence-corrected chi connectivity index (χ1v) is 9.90. The highest BCUT2D eigenvalue weighted by Crippen LogP contribution is 2.19. The predicted octanol–water partition coefficient (Wildman–Crippen LogP) is 2.31. The molecule has 2 amide bonds. The number of nitrogens with zero attached hydrogens (tertiary/aromatic N) is 2. The summed E-state index contributed by atoms with van der Waals surface area (Å²) in [6, 6.07) is 5.68. The number of hydrogen-bond acceptors (Lipinski definition) is 4. The Morgan fingerprint density at radius 2 is 1.96 bits per heavy atom. The van der Waals surface area contributed by atoms with E-state index in [4.69, 9.17) is 4.74 Å². The van der Waals surface area contributed by atoms with Gasteiger partial charge in [0.05, 0.1) is 11.6 Å². The zero-order chi connectivity index (χ0) is 18.6. The minimum atomic E-state index is -0.272. The van der Waals surface area contributed by atoms with Crippen LogP contribution in [0, 0.1) is 0 Å². The van der Waals surface area contributed by atoms with Crippen molar-refractivity contribution in [1.82, 2.24) is 20.0 Å². The first kappa shape index (κ1) is 18.0. The number of rotatable bonds is 5. The number of hydrogen-bond donors (Lipinski definition) is 2. The number of aromatic nitrogens is 2. The van der Waals surface area contributed by atoms with Crippen LogP contribution in [-0.2, 0) is 4.74 Å². The molecule has 27 heavy (non-hydrogen) atoms. The summed E-state index contributed by atoms with van der Waals surface area (Å²) >= 11 is 0. The highest BCUT2D eigenvalue weighted by molar-refractivity contribution is 6.02. The van der Waals surface area contributed by atoms with Crippen molar-refractivity contribution in [1.29, 1.82) is 0 Å². The fourth-order valence-corrected chi connectivity index (χ4v) is 3.96. The molecule has 144 valence electrons. The molecule has 1 saturated carbocycles. The van der Waals surface area contributed by atoms with Crippen LogP contribution in [0.4, 0.5) is 0 Å². The molecule has 1 atom stereocenters. The molecule has 1 aliphatic heterocycles.